The summed E-state index contributed by atoms with van der Waals surface area (Å²) in [6.07, 6.45) is 2.09. The summed E-state index contributed by atoms with van der Waals surface area (Å²) < 4.78 is 5.42. The van der Waals surface area contributed by atoms with Crippen LogP contribution in [-0.4, -0.2) is 35.8 Å². The van der Waals surface area contributed by atoms with Crippen molar-refractivity contribution in [2.75, 3.05) is 30.4 Å². The standard InChI is InChI=1S/C14H20N4OS/c1-3-5-15-14-17-12(16-10-4-6-19-8-10)11-7-9(2)20-13(11)18-14/h7,10H,3-6,8H2,1-2H3,(H2,15,16,17,18). The molecule has 1 atom stereocenters. The van der Waals surface area contributed by atoms with Gasteiger partial charge in [0.25, 0.3) is 0 Å². The van der Waals surface area contributed by atoms with E-state index in [-0.39, 0.29) is 0 Å². The molecule has 20 heavy (non-hydrogen) atoms. The highest BCUT2D eigenvalue weighted by Crippen LogP contribution is 2.30. The Bertz CT molecular complexity index is 592. The van der Waals surface area contributed by atoms with Crippen molar-refractivity contribution < 1.29 is 4.74 Å². The number of aromatic nitrogens is 2. The molecule has 6 heteroatoms. The van der Waals surface area contributed by atoms with Crippen LogP contribution in [0.1, 0.15) is 24.6 Å². The smallest absolute Gasteiger partial charge is 0.226 e. The van der Waals surface area contributed by atoms with Crippen molar-refractivity contribution in [2.24, 2.45) is 0 Å². The Hall–Kier alpha value is -1.40. The molecule has 2 aromatic heterocycles. The van der Waals surface area contributed by atoms with Gasteiger partial charge in [0.1, 0.15) is 10.6 Å². The summed E-state index contributed by atoms with van der Waals surface area (Å²) in [4.78, 5) is 11.5. The lowest BCUT2D eigenvalue weighted by molar-refractivity contribution is 0.195. The second-order valence-electron chi connectivity index (χ2n) is 5.10. The summed E-state index contributed by atoms with van der Waals surface area (Å²) in [5, 5.41) is 7.89. The normalized spacial score (nSPS) is 18.6. The molecule has 3 rings (SSSR count). The number of anilines is 2. The van der Waals surface area contributed by atoms with Crippen LogP contribution in [0.4, 0.5) is 11.8 Å². The Morgan fingerprint density at radius 1 is 1.45 bits per heavy atom. The van der Waals surface area contributed by atoms with Crippen LogP contribution in [0.25, 0.3) is 10.2 Å². The van der Waals surface area contributed by atoms with E-state index in [4.69, 9.17) is 4.74 Å². The molecule has 0 spiro atoms. The predicted octanol–water partition coefficient (Wildman–Crippen LogP) is 3.02. The topological polar surface area (TPSA) is 59.1 Å². The first kappa shape index (κ1) is 13.6. The summed E-state index contributed by atoms with van der Waals surface area (Å²) >= 11 is 1.71. The maximum Gasteiger partial charge on any atom is 0.226 e. The van der Waals surface area contributed by atoms with E-state index < -0.39 is 0 Å². The number of hydrogen-bond acceptors (Lipinski definition) is 6. The zero-order valence-electron chi connectivity index (χ0n) is 11.9. The van der Waals surface area contributed by atoms with Crippen LogP contribution in [0.3, 0.4) is 0 Å². The van der Waals surface area contributed by atoms with Gasteiger partial charge < -0.3 is 15.4 Å². The molecule has 0 aliphatic carbocycles. The molecule has 1 aliphatic rings. The minimum atomic E-state index is 0.354. The van der Waals surface area contributed by atoms with E-state index in [0.29, 0.717) is 12.0 Å². The van der Waals surface area contributed by atoms with Gasteiger partial charge in [-0.1, -0.05) is 6.92 Å². The molecular formula is C14H20N4OS. The Balaban J connectivity index is 1.93. The van der Waals surface area contributed by atoms with Crippen LogP contribution in [0.2, 0.25) is 0 Å². The van der Waals surface area contributed by atoms with Crippen LogP contribution in [-0.2, 0) is 4.74 Å². The maximum absolute atomic E-state index is 5.42. The van der Waals surface area contributed by atoms with Gasteiger partial charge in [-0.3, -0.25) is 0 Å². The van der Waals surface area contributed by atoms with Crippen LogP contribution in [0.5, 0.6) is 0 Å². The average molecular weight is 292 g/mol. The minimum absolute atomic E-state index is 0.354. The van der Waals surface area contributed by atoms with Crippen LogP contribution < -0.4 is 10.6 Å². The van der Waals surface area contributed by atoms with Crippen molar-refractivity contribution in [3.8, 4) is 0 Å². The number of hydrogen-bond donors (Lipinski definition) is 2. The first-order valence-corrected chi connectivity index (χ1v) is 7.94. The average Bonchev–Trinajstić information content (AvgIpc) is 3.05. The van der Waals surface area contributed by atoms with E-state index in [1.807, 2.05) is 0 Å². The van der Waals surface area contributed by atoms with Gasteiger partial charge in [-0.25, -0.2) is 4.98 Å². The lowest BCUT2D eigenvalue weighted by atomic mass is 10.2. The molecule has 2 aromatic rings. The van der Waals surface area contributed by atoms with Gasteiger partial charge in [0, 0.05) is 18.0 Å². The van der Waals surface area contributed by atoms with Crippen molar-refractivity contribution in [1.82, 2.24) is 9.97 Å². The Labute approximate surface area is 122 Å². The molecule has 1 aliphatic heterocycles. The van der Waals surface area contributed by atoms with Crippen molar-refractivity contribution in [3.05, 3.63) is 10.9 Å². The van der Waals surface area contributed by atoms with E-state index in [2.05, 4.69) is 40.5 Å². The van der Waals surface area contributed by atoms with Gasteiger partial charge in [-0.2, -0.15) is 4.98 Å². The predicted molar refractivity (Wildman–Crippen MR) is 83.8 cm³/mol. The molecule has 2 N–H and O–H groups in total. The zero-order chi connectivity index (χ0) is 13.9. The van der Waals surface area contributed by atoms with E-state index in [1.54, 1.807) is 11.3 Å². The third kappa shape index (κ3) is 2.86. The monoisotopic (exact) mass is 292 g/mol. The molecule has 0 aromatic carbocycles. The summed E-state index contributed by atoms with van der Waals surface area (Å²) in [5.74, 6) is 1.64. The molecule has 1 fully saturated rings. The third-order valence-corrected chi connectivity index (χ3v) is 4.26. The second kappa shape index (κ2) is 5.93. The van der Waals surface area contributed by atoms with Crippen molar-refractivity contribution >= 4 is 33.3 Å². The fourth-order valence-electron chi connectivity index (χ4n) is 2.31. The van der Waals surface area contributed by atoms with Crippen molar-refractivity contribution in [3.63, 3.8) is 0 Å². The maximum atomic E-state index is 5.42. The van der Waals surface area contributed by atoms with Crippen LogP contribution in [0.15, 0.2) is 6.07 Å². The molecule has 0 saturated carbocycles. The van der Waals surface area contributed by atoms with E-state index >= 15 is 0 Å². The second-order valence-corrected chi connectivity index (χ2v) is 6.34. The first-order valence-electron chi connectivity index (χ1n) is 7.12. The lowest BCUT2D eigenvalue weighted by Gasteiger charge is -2.13. The molecular weight excluding hydrogens is 272 g/mol. The van der Waals surface area contributed by atoms with Gasteiger partial charge in [0.2, 0.25) is 5.95 Å². The highest BCUT2D eigenvalue weighted by Gasteiger charge is 2.18. The zero-order valence-corrected chi connectivity index (χ0v) is 12.7. The van der Waals surface area contributed by atoms with E-state index in [1.165, 1.54) is 4.88 Å². The molecule has 1 saturated heterocycles. The quantitative estimate of drug-likeness (QED) is 0.887. The van der Waals surface area contributed by atoms with Gasteiger partial charge in [0.15, 0.2) is 0 Å². The summed E-state index contributed by atoms with van der Waals surface area (Å²) in [7, 11) is 0. The fraction of sp³-hybridized carbons (Fsp3) is 0.571. The number of fused-ring (bicyclic) bond motifs is 1. The van der Waals surface area contributed by atoms with Gasteiger partial charge in [0.05, 0.1) is 18.0 Å². The molecule has 0 amide bonds. The van der Waals surface area contributed by atoms with Gasteiger partial charge >= 0.3 is 0 Å². The number of ether oxygens (including phenoxy) is 1. The molecule has 1 unspecified atom stereocenters. The van der Waals surface area contributed by atoms with E-state index in [9.17, 15) is 0 Å². The number of thiophene rings is 1. The lowest BCUT2D eigenvalue weighted by Crippen LogP contribution is -2.20. The minimum Gasteiger partial charge on any atom is -0.379 e. The molecule has 0 bridgehead atoms. The third-order valence-electron chi connectivity index (χ3n) is 3.32. The molecule has 108 valence electrons. The number of aryl methyl sites for hydroxylation is 1. The van der Waals surface area contributed by atoms with Crippen LogP contribution >= 0.6 is 11.3 Å². The highest BCUT2D eigenvalue weighted by molar-refractivity contribution is 7.18. The summed E-state index contributed by atoms with van der Waals surface area (Å²) in [6.45, 7) is 6.72. The summed E-state index contributed by atoms with van der Waals surface area (Å²) in [5.41, 5.74) is 0. The SMILES string of the molecule is CCCNc1nc(NC2CCOC2)c2cc(C)sc2n1. The summed E-state index contributed by atoms with van der Waals surface area (Å²) in [6, 6.07) is 2.51. The molecule has 5 nitrogen and oxygen atoms in total. The van der Waals surface area contributed by atoms with Gasteiger partial charge in [-0.05, 0) is 25.8 Å². The Morgan fingerprint density at radius 2 is 2.35 bits per heavy atom. The molecule has 0 radical (unpaired) electrons. The molecule has 3 heterocycles. The number of nitrogens with zero attached hydrogens (tertiary/aromatic N) is 2. The van der Waals surface area contributed by atoms with Crippen molar-refractivity contribution in [2.45, 2.75) is 32.7 Å². The van der Waals surface area contributed by atoms with Crippen LogP contribution in [0, 0.1) is 6.92 Å². The Morgan fingerprint density at radius 3 is 3.10 bits per heavy atom. The number of nitrogens with one attached hydrogen (secondary N) is 2. The van der Waals surface area contributed by atoms with E-state index in [0.717, 1.165) is 48.6 Å². The van der Waals surface area contributed by atoms with Gasteiger partial charge in [-0.15, -0.1) is 11.3 Å². The number of rotatable bonds is 5. The fourth-order valence-corrected chi connectivity index (χ4v) is 3.19. The highest BCUT2D eigenvalue weighted by atomic mass is 32.1. The first-order chi connectivity index (χ1) is 9.76. The van der Waals surface area contributed by atoms with Crippen molar-refractivity contribution in [1.29, 1.82) is 0 Å². The Kier molecular flexibility index (Phi) is 4.03. The largest absolute Gasteiger partial charge is 0.379 e.